The molecule has 1 atom stereocenters. The van der Waals surface area contributed by atoms with Crippen LogP contribution in [0.4, 0.5) is 5.82 Å². The van der Waals surface area contributed by atoms with Gasteiger partial charge in [-0.15, -0.1) is 11.6 Å². The summed E-state index contributed by atoms with van der Waals surface area (Å²) in [4.78, 5) is 4.26. The molecule has 0 saturated heterocycles. The lowest BCUT2D eigenvalue weighted by Gasteiger charge is -2.06. The van der Waals surface area contributed by atoms with Gasteiger partial charge < -0.3 is 9.73 Å². The van der Waals surface area contributed by atoms with E-state index in [1.54, 1.807) is 12.5 Å². The second-order valence-electron chi connectivity index (χ2n) is 3.49. The molecular weight excluding hydrogens is 212 g/mol. The summed E-state index contributed by atoms with van der Waals surface area (Å²) in [6.45, 7) is 2.80. The highest BCUT2D eigenvalue weighted by Crippen LogP contribution is 2.21. The Morgan fingerprint density at radius 2 is 2.40 bits per heavy atom. The van der Waals surface area contributed by atoms with Crippen molar-refractivity contribution >= 4 is 28.4 Å². The van der Waals surface area contributed by atoms with E-state index in [0.717, 1.165) is 29.8 Å². The lowest BCUT2D eigenvalue weighted by atomic mass is 10.3. The predicted octanol–water partition coefficient (Wildman–Crippen LogP) is 3.26. The molecular formula is C11H13ClN2O. The summed E-state index contributed by atoms with van der Waals surface area (Å²) in [5.41, 5.74) is 0.853. The molecule has 0 amide bonds. The predicted molar refractivity (Wildman–Crippen MR) is 62.4 cm³/mol. The average molecular weight is 225 g/mol. The Kier molecular flexibility index (Phi) is 3.11. The van der Waals surface area contributed by atoms with Crippen molar-refractivity contribution in [3.8, 4) is 0 Å². The quantitative estimate of drug-likeness (QED) is 0.811. The van der Waals surface area contributed by atoms with E-state index in [-0.39, 0.29) is 5.38 Å². The largest absolute Gasteiger partial charge is 0.464 e. The third-order valence-electron chi connectivity index (χ3n) is 2.21. The van der Waals surface area contributed by atoms with Gasteiger partial charge in [0, 0.05) is 18.1 Å². The first-order chi connectivity index (χ1) is 7.27. The van der Waals surface area contributed by atoms with E-state index < -0.39 is 0 Å². The Hall–Kier alpha value is -1.22. The first kappa shape index (κ1) is 10.3. The molecule has 0 spiro atoms. The molecule has 0 aromatic carbocycles. The normalized spacial score (nSPS) is 12.9. The van der Waals surface area contributed by atoms with Crippen LogP contribution >= 0.6 is 11.6 Å². The molecule has 2 aromatic rings. The number of pyridine rings is 1. The van der Waals surface area contributed by atoms with Crippen LogP contribution in [0.2, 0.25) is 0 Å². The van der Waals surface area contributed by atoms with Crippen LogP contribution in [0.5, 0.6) is 0 Å². The fraction of sp³-hybridized carbons (Fsp3) is 0.364. The highest BCUT2D eigenvalue weighted by Gasteiger charge is 2.04. The molecule has 0 aliphatic rings. The van der Waals surface area contributed by atoms with Crippen molar-refractivity contribution in [1.29, 1.82) is 0 Å². The minimum absolute atomic E-state index is 0.182. The van der Waals surface area contributed by atoms with Crippen LogP contribution < -0.4 is 5.32 Å². The number of nitrogens with one attached hydrogen (secondary N) is 1. The highest BCUT2D eigenvalue weighted by molar-refractivity contribution is 6.20. The Bertz CT molecular complexity index is 439. The smallest absolute Gasteiger partial charge is 0.139 e. The summed E-state index contributed by atoms with van der Waals surface area (Å²) >= 11 is 5.86. The third kappa shape index (κ3) is 2.42. The minimum Gasteiger partial charge on any atom is -0.464 e. The molecule has 0 fully saturated rings. The molecule has 80 valence electrons. The van der Waals surface area contributed by atoms with Gasteiger partial charge in [0.1, 0.15) is 11.4 Å². The van der Waals surface area contributed by atoms with Crippen LogP contribution in [-0.4, -0.2) is 16.9 Å². The first-order valence-electron chi connectivity index (χ1n) is 4.97. The summed E-state index contributed by atoms with van der Waals surface area (Å²) in [5.74, 6) is 0.860. The van der Waals surface area contributed by atoms with Crippen LogP contribution in [0.15, 0.2) is 29.0 Å². The molecule has 1 N–H and O–H groups in total. The Morgan fingerprint density at radius 1 is 1.53 bits per heavy atom. The maximum atomic E-state index is 5.86. The highest BCUT2D eigenvalue weighted by atomic mass is 35.5. The fourth-order valence-corrected chi connectivity index (χ4v) is 1.53. The van der Waals surface area contributed by atoms with Crippen molar-refractivity contribution in [2.75, 3.05) is 11.9 Å². The third-order valence-corrected chi connectivity index (χ3v) is 2.43. The number of halogens is 1. The van der Waals surface area contributed by atoms with Gasteiger partial charge in [0.15, 0.2) is 0 Å². The summed E-state index contributed by atoms with van der Waals surface area (Å²) in [7, 11) is 0. The minimum atomic E-state index is 0.182. The van der Waals surface area contributed by atoms with Crippen molar-refractivity contribution in [3.63, 3.8) is 0 Å². The van der Waals surface area contributed by atoms with E-state index in [4.69, 9.17) is 16.0 Å². The van der Waals surface area contributed by atoms with E-state index in [1.165, 1.54) is 0 Å². The molecule has 0 radical (unpaired) electrons. The van der Waals surface area contributed by atoms with Gasteiger partial charge in [-0.25, -0.2) is 4.98 Å². The molecule has 2 heterocycles. The summed E-state index contributed by atoms with van der Waals surface area (Å²) in [5, 5.41) is 4.44. The van der Waals surface area contributed by atoms with Gasteiger partial charge in [0.25, 0.3) is 0 Å². The number of fused-ring (bicyclic) bond motifs is 1. The van der Waals surface area contributed by atoms with E-state index in [1.807, 2.05) is 19.1 Å². The van der Waals surface area contributed by atoms with Crippen LogP contribution in [0, 0.1) is 0 Å². The SMILES string of the molecule is CC(Cl)CCNc1nccc2occc12. The van der Waals surface area contributed by atoms with E-state index >= 15 is 0 Å². The Labute approximate surface area is 93.4 Å². The standard InChI is InChI=1S/C11H13ClN2O/c1-8(12)2-5-13-11-9-4-7-15-10(9)3-6-14-11/h3-4,6-8H,2,5H2,1H3,(H,13,14). The number of anilines is 1. The van der Waals surface area contributed by atoms with Gasteiger partial charge in [-0.05, 0) is 25.5 Å². The number of rotatable bonds is 4. The molecule has 0 aliphatic carbocycles. The maximum Gasteiger partial charge on any atom is 0.139 e. The number of furan rings is 1. The number of nitrogens with zero attached hydrogens (tertiary/aromatic N) is 1. The van der Waals surface area contributed by atoms with Gasteiger partial charge >= 0.3 is 0 Å². The average Bonchev–Trinajstić information content (AvgIpc) is 2.65. The molecule has 3 nitrogen and oxygen atoms in total. The zero-order valence-electron chi connectivity index (χ0n) is 8.53. The lowest BCUT2D eigenvalue weighted by molar-refractivity contribution is 0.615. The first-order valence-corrected chi connectivity index (χ1v) is 5.41. The lowest BCUT2D eigenvalue weighted by Crippen LogP contribution is -2.07. The monoisotopic (exact) mass is 224 g/mol. The summed E-state index contributed by atoms with van der Waals surface area (Å²) in [6, 6.07) is 3.76. The Morgan fingerprint density at radius 3 is 3.20 bits per heavy atom. The number of aromatic nitrogens is 1. The molecule has 4 heteroatoms. The van der Waals surface area contributed by atoms with Crippen molar-refractivity contribution in [2.45, 2.75) is 18.7 Å². The molecule has 2 rings (SSSR count). The van der Waals surface area contributed by atoms with Gasteiger partial charge in [-0.3, -0.25) is 0 Å². The van der Waals surface area contributed by atoms with Crippen LogP contribution in [0.25, 0.3) is 11.0 Å². The van der Waals surface area contributed by atoms with Crippen molar-refractivity contribution in [3.05, 3.63) is 24.6 Å². The van der Waals surface area contributed by atoms with Crippen LogP contribution in [0.3, 0.4) is 0 Å². The van der Waals surface area contributed by atoms with Gasteiger partial charge in [0.05, 0.1) is 11.6 Å². The van der Waals surface area contributed by atoms with Gasteiger partial charge in [-0.2, -0.15) is 0 Å². The van der Waals surface area contributed by atoms with Crippen molar-refractivity contribution < 1.29 is 4.42 Å². The molecule has 0 aliphatic heterocycles. The van der Waals surface area contributed by atoms with Crippen molar-refractivity contribution in [1.82, 2.24) is 4.98 Å². The number of hydrogen-bond donors (Lipinski definition) is 1. The van der Waals surface area contributed by atoms with Gasteiger partial charge in [-0.1, -0.05) is 0 Å². The van der Waals surface area contributed by atoms with E-state index in [9.17, 15) is 0 Å². The maximum absolute atomic E-state index is 5.86. The summed E-state index contributed by atoms with van der Waals surface area (Å²) < 4.78 is 5.28. The topological polar surface area (TPSA) is 38.1 Å². The molecule has 0 bridgehead atoms. The molecule has 2 aromatic heterocycles. The van der Waals surface area contributed by atoms with Crippen LogP contribution in [-0.2, 0) is 0 Å². The second kappa shape index (κ2) is 4.53. The number of hydrogen-bond acceptors (Lipinski definition) is 3. The Balaban J connectivity index is 2.10. The zero-order valence-corrected chi connectivity index (χ0v) is 9.29. The van der Waals surface area contributed by atoms with Gasteiger partial charge in [0.2, 0.25) is 0 Å². The molecule has 15 heavy (non-hydrogen) atoms. The second-order valence-corrected chi connectivity index (χ2v) is 4.23. The summed E-state index contributed by atoms with van der Waals surface area (Å²) in [6.07, 6.45) is 4.32. The fourth-order valence-electron chi connectivity index (χ4n) is 1.43. The number of alkyl halides is 1. The molecule has 1 unspecified atom stereocenters. The van der Waals surface area contributed by atoms with E-state index in [0.29, 0.717) is 0 Å². The van der Waals surface area contributed by atoms with Crippen molar-refractivity contribution in [2.24, 2.45) is 0 Å². The van der Waals surface area contributed by atoms with Crippen LogP contribution in [0.1, 0.15) is 13.3 Å². The van der Waals surface area contributed by atoms with E-state index in [2.05, 4.69) is 10.3 Å². The molecule has 0 saturated carbocycles. The zero-order chi connectivity index (χ0) is 10.7.